The van der Waals surface area contributed by atoms with Crippen molar-refractivity contribution in [1.82, 2.24) is 15.1 Å². The van der Waals surface area contributed by atoms with E-state index in [4.69, 9.17) is 11.6 Å². The number of hydrogen-bond acceptors (Lipinski definition) is 4. The summed E-state index contributed by atoms with van der Waals surface area (Å²) in [6.07, 6.45) is 2.62. The van der Waals surface area contributed by atoms with Gasteiger partial charge in [0.05, 0.1) is 0 Å². The summed E-state index contributed by atoms with van der Waals surface area (Å²) >= 11 is 6.03. The van der Waals surface area contributed by atoms with Gasteiger partial charge in [0.1, 0.15) is 6.04 Å². The Morgan fingerprint density at radius 1 is 0.921 bits per heavy atom. The van der Waals surface area contributed by atoms with Gasteiger partial charge in [-0.25, -0.2) is 0 Å². The van der Waals surface area contributed by atoms with Gasteiger partial charge in [0.15, 0.2) is 0 Å². The molecule has 8 heteroatoms. The summed E-state index contributed by atoms with van der Waals surface area (Å²) in [5.41, 5.74) is 5.97. The van der Waals surface area contributed by atoms with Crippen molar-refractivity contribution in [3.05, 3.63) is 99.6 Å². The van der Waals surface area contributed by atoms with Crippen LogP contribution >= 0.6 is 11.6 Å². The molecule has 3 aliphatic heterocycles. The highest BCUT2D eigenvalue weighted by atomic mass is 35.5. The molecule has 1 N–H and O–H groups in total. The van der Waals surface area contributed by atoms with Crippen molar-refractivity contribution >= 4 is 41.3 Å². The first-order valence-corrected chi connectivity index (χ1v) is 12.9. The highest BCUT2D eigenvalue weighted by Gasteiger charge is 2.39. The van der Waals surface area contributed by atoms with Crippen LogP contribution in [-0.4, -0.2) is 52.6 Å². The number of fused-ring (bicyclic) bond motifs is 1. The van der Waals surface area contributed by atoms with Crippen molar-refractivity contribution in [2.45, 2.75) is 25.4 Å². The van der Waals surface area contributed by atoms with E-state index in [2.05, 4.69) is 5.32 Å². The fraction of sp³-hybridized carbons (Fsp3) is 0.200. The first kappa shape index (κ1) is 24.1. The second-order valence-electron chi connectivity index (χ2n) is 9.83. The molecule has 1 atom stereocenters. The zero-order chi connectivity index (χ0) is 26.4. The van der Waals surface area contributed by atoms with Crippen LogP contribution in [-0.2, 0) is 16.1 Å². The van der Waals surface area contributed by atoms with Crippen molar-refractivity contribution in [3.63, 3.8) is 0 Å². The van der Waals surface area contributed by atoms with Crippen molar-refractivity contribution in [2.75, 3.05) is 13.1 Å². The zero-order valence-corrected chi connectivity index (χ0v) is 21.2. The van der Waals surface area contributed by atoms with Gasteiger partial charge in [-0.15, -0.1) is 0 Å². The number of carbonyl (C=O) groups is 4. The van der Waals surface area contributed by atoms with Gasteiger partial charge >= 0.3 is 0 Å². The average Bonchev–Trinajstić information content (AvgIpc) is 3.21. The molecule has 7 nitrogen and oxygen atoms in total. The van der Waals surface area contributed by atoms with Crippen LogP contribution in [0.4, 0.5) is 0 Å². The third-order valence-electron chi connectivity index (χ3n) is 7.31. The number of carbonyl (C=O) groups excluding carboxylic acids is 4. The molecule has 0 spiro atoms. The molecule has 0 radical (unpaired) electrons. The molecule has 0 saturated carbocycles. The maximum Gasteiger partial charge on any atom is 0.255 e. The largest absolute Gasteiger partial charge is 0.330 e. The second kappa shape index (κ2) is 9.58. The van der Waals surface area contributed by atoms with E-state index in [1.165, 1.54) is 0 Å². The van der Waals surface area contributed by atoms with E-state index >= 15 is 0 Å². The molecule has 0 bridgehead atoms. The molecule has 0 aromatic heterocycles. The van der Waals surface area contributed by atoms with Crippen molar-refractivity contribution in [1.29, 1.82) is 0 Å². The molecule has 3 aliphatic rings. The van der Waals surface area contributed by atoms with Crippen LogP contribution in [0.15, 0.2) is 72.3 Å². The molecule has 3 aromatic carbocycles. The molecule has 3 heterocycles. The number of nitrogens with one attached hydrogen (secondary N) is 1. The van der Waals surface area contributed by atoms with Crippen molar-refractivity contribution in [3.8, 4) is 11.1 Å². The van der Waals surface area contributed by atoms with Crippen LogP contribution in [0.25, 0.3) is 17.2 Å². The van der Waals surface area contributed by atoms with Crippen molar-refractivity contribution in [2.24, 2.45) is 0 Å². The van der Waals surface area contributed by atoms with Crippen molar-refractivity contribution < 1.29 is 19.2 Å². The Kier molecular flexibility index (Phi) is 6.08. The van der Waals surface area contributed by atoms with E-state index in [1.807, 2.05) is 71.6 Å². The number of likely N-dealkylation sites (tertiary alicyclic amines) is 1. The van der Waals surface area contributed by atoms with Gasteiger partial charge in [-0.2, -0.15) is 0 Å². The number of hydrogen-bond donors (Lipinski definition) is 1. The molecule has 1 unspecified atom stereocenters. The molecule has 2 saturated heterocycles. The lowest BCUT2D eigenvalue weighted by molar-refractivity contribution is -0.136. The predicted molar refractivity (Wildman–Crippen MR) is 143 cm³/mol. The fourth-order valence-electron chi connectivity index (χ4n) is 5.32. The maximum atomic E-state index is 13.3. The maximum absolute atomic E-state index is 13.3. The van der Waals surface area contributed by atoms with Crippen LogP contribution in [0.3, 0.4) is 0 Å². The molecule has 190 valence electrons. The third-order valence-corrected chi connectivity index (χ3v) is 7.56. The molecule has 4 amide bonds. The summed E-state index contributed by atoms with van der Waals surface area (Å²) < 4.78 is 0. The van der Waals surface area contributed by atoms with Gasteiger partial charge in [0.25, 0.3) is 11.8 Å². The Hall–Kier alpha value is -4.23. The van der Waals surface area contributed by atoms with Crippen LogP contribution in [0.1, 0.15) is 44.7 Å². The van der Waals surface area contributed by atoms with E-state index < -0.39 is 11.9 Å². The first-order chi connectivity index (χ1) is 18.4. The minimum Gasteiger partial charge on any atom is -0.330 e. The number of nitrogens with zero attached hydrogens (tertiary/aromatic N) is 2. The number of rotatable bonds is 4. The van der Waals surface area contributed by atoms with E-state index in [0.717, 1.165) is 27.8 Å². The average molecular weight is 526 g/mol. The molecule has 3 aromatic rings. The van der Waals surface area contributed by atoms with Gasteiger partial charge in [-0.05, 0) is 64.6 Å². The lowest BCUT2D eigenvalue weighted by Crippen LogP contribution is -2.52. The predicted octanol–water partition coefficient (Wildman–Crippen LogP) is 4.31. The number of piperidine rings is 1. The van der Waals surface area contributed by atoms with Gasteiger partial charge in [-0.3, -0.25) is 24.5 Å². The summed E-state index contributed by atoms with van der Waals surface area (Å²) in [5.74, 6) is -0.923. The Labute approximate surface area is 224 Å². The smallest absolute Gasteiger partial charge is 0.255 e. The Morgan fingerprint density at radius 3 is 2.45 bits per heavy atom. The standard InChI is InChI=1S/C30H24ClN3O4/c31-22-8-6-20(7-9-22)23-3-1-2-4-25(23)29(37)33-15-19(16-33)13-18-5-10-24-21(14-18)17-34(30(24)38)26-11-12-27(35)32-28(26)36/h1-10,13-14,26H,11-12,15-17H2,(H,32,35,36). The van der Waals surface area contributed by atoms with E-state index in [0.29, 0.717) is 42.2 Å². The first-order valence-electron chi connectivity index (χ1n) is 12.5. The van der Waals surface area contributed by atoms with Crippen LogP contribution in [0.5, 0.6) is 0 Å². The molecule has 38 heavy (non-hydrogen) atoms. The van der Waals surface area contributed by atoms with Gasteiger partial charge in [0, 0.05) is 42.2 Å². The second-order valence-corrected chi connectivity index (χ2v) is 10.3. The molecule has 2 fully saturated rings. The van der Waals surface area contributed by atoms with Crippen LogP contribution in [0, 0.1) is 0 Å². The van der Waals surface area contributed by atoms with Gasteiger partial charge in [-0.1, -0.05) is 54.1 Å². The molecular formula is C30H24ClN3O4. The van der Waals surface area contributed by atoms with E-state index in [9.17, 15) is 19.2 Å². The van der Waals surface area contributed by atoms with Gasteiger partial charge in [0.2, 0.25) is 11.8 Å². The number of benzene rings is 3. The molecule has 0 aliphatic carbocycles. The Balaban J connectivity index is 1.14. The van der Waals surface area contributed by atoms with E-state index in [-0.39, 0.29) is 24.1 Å². The van der Waals surface area contributed by atoms with E-state index in [1.54, 1.807) is 11.0 Å². The number of imide groups is 1. The normalized spacial score (nSPS) is 18.7. The topological polar surface area (TPSA) is 86.8 Å². The van der Waals surface area contributed by atoms with Crippen LogP contribution < -0.4 is 5.32 Å². The summed E-state index contributed by atoms with van der Waals surface area (Å²) in [7, 11) is 0. The van der Waals surface area contributed by atoms with Gasteiger partial charge < -0.3 is 9.80 Å². The summed E-state index contributed by atoms with van der Waals surface area (Å²) in [6, 6.07) is 20.0. The summed E-state index contributed by atoms with van der Waals surface area (Å²) in [4.78, 5) is 53.3. The summed E-state index contributed by atoms with van der Waals surface area (Å²) in [6.45, 7) is 1.40. The van der Waals surface area contributed by atoms with Crippen LogP contribution in [0.2, 0.25) is 5.02 Å². The third kappa shape index (κ3) is 4.39. The lowest BCUT2D eigenvalue weighted by Gasteiger charge is -2.34. The SMILES string of the molecule is O=C1CCC(N2Cc3cc(C=C4CN(C(=O)c5ccccc5-c5ccc(Cl)cc5)C4)ccc3C2=O)C(=O)N1. The molecule has 6 rings (SSSR count). The summed E-state index contributed by atoms with van der Waals surface area (Å²) in [5, 5.41) is 2.98. The monoisotopic (exact) mass is 525 g/mol. The minimum absolute atomic E-state index is 0.0212. The Bertz CT molecular complexity index is 1520. The number of amides is 4. The highest BCUT2D eigenvalue weighted by Crippen LogP contribution is 2.31. The molecular weight excluding hydrogens is 502 g/mol. The Morgan fingerprint density at radius 2 is 1.68 bits per heavy atom. The lowest BCUT2D eigenvalue weighted by atomic mass is 9.96. The zero-order valence-electron chi connectivity index (χ0n) is 20.4. The highest BCUT2D eigenvalue weighted by molar-refractivity contribution is 6.30. The minimum atomic E-state index is -0.628. The number of halogens is 1. The fourth-order valence-corrected chi connectivity index (χ4v) is 5.45. The quantitative estimate of drug-likeness (QED) is 0.514.